The topological polar surface area (TPSA) is 83.9 Å². The number of carbonyl (C=O) groups is 3. The van der Waals surface area contributed by atoms with Gasteiger partial charge < -0.3 is 9.84 Å². The molecule has 1 N–H and O–H groups in total. The molecule has 0 aliphatic carbocycles. The largest absolute Gasteiger partial charge is 0.478 e. The Morgan fingerprint density at radius 1 is 1.09 bits per heavy atom. The third-order valence-corrected chi connectivity index (χ3v) is 3.63. The maximum atomic E-state index is 12.2. The van der Waals surface area contributed by atoms with Gasteiger partial charge in [-0.3, -0.25) is 9.59 Å². The number of hydrogen-bond donors (Lipinski definition) is 1. The Bertz CT molecular complexity index is 798. The fourth-order valence-corrected chi connectivity index (χ4v) is 2.46. The van der Waals surface area contributed by atoms with Crippen LogP contribution in [-0.2, 0) is 0 Å². The van der Waals surface area contributed by atoms with Gasteiger partial charge in [0.05, 0.1) is 11.1 Å². The molecule has 116 valence electrons. The van der Waals surface area contributed by atoms with Gasteiger partial charge in [0, 0.05) is 5.02 Å². The Kier molecular flexibility index (Phi) is 3.75. The van der Waals surface area contributed by atoms with E-state index in [1.165, 1.54) is 18.2 Å². The van der Waals surface area contributed by atoms with Crippen molar-refractivity contribution in [2.45, 2.75) is 0 Å². The van der Waals surface area contributed by atoms with Gasteiger partial charge in [-0.25, -0.2) is 9.69 Å². The van der Waals surface area contributed by atoms with E-state index in [-0.39, 0.29) is 23.1 Å². The van der Waals surface area contributed by atoms with E-state index in [0.717, 1.165) is 4.90 Å². The minimum absolute atomic E-state index is 0.0263. The third-order valence-electron chi connectivity index (χ3n) is 3.40. The van der Waals surface area contributed by atoms with E-state index in [4.69, 9.17) is 21.4 Å². The highest BCUT2D eigenvalue weighted by atomic mass is 35.5. The smallest absolute Gasteiger partial charge is 0.339 e. The molecule has 1 aliphatic rings. The number of carbonyl (C=O) groups excluding carboxylic acids is 2. The molecule has 0 bridgehead atoms. The maximum absolute atomic E-state index is 12.2. The Morgan fingerprint density at radius 3 is 2.26 bits per heavy atom. The van der Waals surface area contributed by atoms with Crippen LogP contribution in [0.2, 0.25) is 5.02 Å². The van der Waals surface area contributed by atoms with Crippen molar-refractivity contribution in [1.82, 2.24) is 4.90 Å². The van der Waals surface area contributed by atoms with E-state index in [1.54, 1.807) is 24.3 Å². The average molecular weight is 332 g/mol. The van der Waals surface area contributed by atoms with Gasteiger partial charge in [0.1, 0.15) is 11.3 Å². The Balaban J connectivity index is 1.82. The van der Waals surface area contributed by atoms with Gasteiger partial charge in [0.15, 0.2) is 6.73 Å². The highest BCUT2D eigenvalue weighted by Gasteiger charge is 2.35. The molecule has 6 nitrogen and oxygen atoms in total. The standard InChI is InChI=1S/C16H10ClNO5/c17-9-5-6-13(12(7-9)16(21)22)23-8-18-14(19)10-3-1-2-4-11(10)15(18)20/h1-7H,8H2,(H,21,22). The summed E-state index contributed by atoms with van der Waals surface area (Å²) in [4.78, 5) is 36.5. The number of hydrogen-bond acceptors (Lipinski definition) is 4. The van der Waals surface area contributed by atoms with E-state index in [9.17, 15) is 14.4 Å². The van der Waals surface area contributed by atoms with Crippen molar-refractivity contribution in [3.63, 3.8) is 0 Å². The summed E-state index contributed by atoms with van der Waals surface area (Å²) in [5.41, 5.74) is 0.459. The zero-order valence-electron chi connectivity index (χ0n) is 11.7. The summed E-state index contributed by atoms with van der Waals surface area (Å²) >= 11 is 5.76. The van der Waals surface area contributed by atoms with Gasteiger partial charge in [-0.05, 0) is 30.3 Å². The molecule has 3 rings (SSSR count). The second kappa shape index (κ2) is 5.73. The number of carboxylic acid groups (broad SMARTS) is 1. The van der Waals surface area contributed by atoms with Crippen molar-refractivity contribution < 1.29 is 24.2 Å². The van der Waals surface area contributed by atoms with Gasteiger partial charge in [0.2, 0.25) is 0 Å². The minimum atomic E-state index is -1.22. The van der Waals surface area contributed by atoms with E-state index < -0.39 is 17.8 Å². The highest BCUT2D eigenvalue weighted by molar-refractivity contribution is 6.31. The summed E-state index contributed by atoms with van der Waals surface area (Å²) < 4.78 is 5.35. The first-order valence-corrected chi connectivity index (χ1v) is 6.97. The summed E-state index contributed by atoms with van der Waals surface area (Å²) in [6.07, 6.45) is 0. The second-order valence-corrected chi connectivity index (χ2v) is 5.24. The number of imide groups is 1. The lowest BCUT2D eigenvalue weighted by Crippen LogP contribution is -2.33. The molecular formula is C16H10ClNO5. The maximum Gasteiger partial charge on any atom is 0.339 e. The molecule has 7 heteroatoms. The van der Waals surface area contributed by atoms with Crippen molar-refractivity contribution >= 4 is 29.4 Å². The molecule has 23 heavy (non-hydrogen) atoms. The zero-order chi connectivity index (χ0) is 16.6. The first kappa shape index (κ1) is 15.1. The lowest BCUT2D eigenvalue weighted by molar-refractivity contribution is 0.0520. The monoisotopic (exact) mass is 331 g/mol. The van der Waals surface area contributed by atoms with Crippen LogP contribution in [0.4, 0.5) is 0 Å². The van der Waals surface area contributed by atoms with Crippen molar-refractivity contribution in [3.05, 3.63) is 64.2 Å². The molecule has 0 saturated heterocycles. The summed E-state index contributed by atoms with van der Waals surface area (Å²) in [7, 11) is 0. The van der Waals surface area contributed by atoms with Gasteiger partial charge in [0.25, 0.3) is 11.8 Å². The van der Waals surface area contributed by atoms with Crippen LogP contribution in [0.15, 0.2) is 42.5 Å². The lowest BCUT2D eigenvalue weighted by Gasteiger charge is -2.16. The number of ether oxygens (including phenoxy) is 1. The van der Waals surface area contributed by atoms with Crippen LogP contribution >= 0.6 is 11.6 Å². The van der Waals surface area contributed by atoms with Crippen LogP contribution in [0.1, 0.15) is 31.1 Å². The van der Waals surface area contributed by atoms with Gasteiger partial charge in [-0.15, -0.1) is 0 Å². The molecule has 0 saturated carbocycles. The minimum Gasteiger partial charge on any atom is -0.478 e. The number of halogens is 1. The van der Waals surface area contributed by atoms with Crippen molar-refractivity contribution in [2.24, 2.45) is 0 Å². The van der Waals surface area contributed by atoms with E-state index in [1.807, 2.05) is 0 Å². The summed E-state index contributed by atoms with van der Waals surface area (Å²) in [6.45, 7) is -0.381. The number of carboxylic acids is 1. The molecule has 1 aliphatic heterocycles. The lowest BCUT2D eigenvalue weighted by atomic mass is 10.1. The molecule has 0 aromatic heterocycles. The molecule has 0 fully saturated rings. The van der Waals surface area contributed by atoms with Crippen LogP contribution in [0, 0.1) is 0 Å². The van der Waals surface area contributed by atoms with Crippen molar-refractivity contribution in [3.8, 4) is 5.75 Å². The van der Waals surface area contributed by atoms with E-state index in [2.05, 4.69) is 0 Å². The van der Waals surface area contributed by atoms with E-state index in [0.29, 0.717) is 11.1 Å². The zero-order valence-corrected chi connectivity index (χ0v) is 12.4. The fourth-order valence-electron chi connectivity index (χ4n) is 2.29. The van der Waals surface area contributed by atoms with Gasteiger partial charge in [-0.2, -0.15) is 0 Å². The van der Waals surface area contributed by atoms with Crippen LogP contribution in [-0.4, -0.2) is 34.5 Å². The SMILES string of the molecule is O=C(O)c1cc(Cl)ccc1OCN1C(=O)c2ccccc2C1=O. The van der Waals surface area contributed by atoms with Crippen LogP contribution in [0.25, 0.3) is 0 Å². The first-order chi connectivity index (χ1) is 11.0. The normalized spacial score (nSPS) is 13.2. The third kappa shape index (κ3) is 2.64. The predicted molar refractivity (Wildman–Crippen MR) is 80.8 cm³/mol. The van der Waals surface area contributed by atoms with Gasteiger partial charge >= 0.3 is 5.97 Å². The molecule has 0 unspecified atom stereocenters. The fraction of sp³-hybridized carbons (Fsp3) is 0.0625. The summed E-state index contributed by atoms with van der Waals surface area (Å²) in [5.74, 6) is -2.14. The van der Waals surface area contributed by atoms with Gasteiger partial charge in [-0.1, -0.05) is 23.7 Å². The molecule has 1 heterocycles. The number of rotatable bonds is 4. The Morgan fingerprint density at radius 2 is 1.70 bits per heavy atom. The number of amides is 2. The molecule has 0 atom stereocenters. The average Bonchev–Trinajstić information content (AvgIpc) is 2.78. The quantitative estimate of drug-likeness (QED) is 0.871. The van der Waals surface area contributed by atoms with Crippen LogP contribution in [0.3, 0.4) is 0 Å². The number of benzene rings is 2. The highest BCUT2D eigenvalue weighted by Crippen LogP contribution is 2.26. The number of nitrogens with zero attached hydrogens (tertiary/aromatic N) is 1. The number of fused-ring (bicyclic) bond motifs is 1. The van der Waals surface area contributed by atoms with Crippen molar-refractivity contribution in [1.29, 1.82) is 0 Å². The predicted octanol–water partition coefficient (Wildman–Crippen LogP) is 2.67. The first-order valence-electron chi connectivity index (χ1n) is 6.60. The molecule has 2 aromatic carbocycles. The van der Waals surface area contributed by atoms with Crippen LogP contribution in [0.5, 0.6) is 5.75 Å². The molecule has 0 radical (unpaired) electrons. The summed E-state index contributed by atoms with van der Waals surface area (Å²) in [6, 6.07) is 10.5. The van der Waals surface area contributed by atoms with Crippen LogP contribution < -0.4 is 4.74 Å². The molecule has 2 amide bonds. The Labute approximate surface area is 135 Å². The molecular weight excluding hydrogens is 322 g/mol. The summed E-state index contributed by atoms with van der Waals surface area (Å²) in [5, 5.41) is 9.39. The molecule has 2 aromatic rings. The molecule has 0 spiro atoms. The second-order valence-electron chi connectivity index (χ2n) is 4.80. The Hall–Kier alpha value is -2.86. The van der Waals surface area contributed by atoms with E-state index >= 15 is 0 Å². The number of aromatic carboxylic acids is 1. The van der Waals surface area contributed by atoms with Crippen molar-refractivity contribution in [2.75, 3.05) is 6.73 Å².